The molecule has 2 saturated heterocycles. The lowest BCUT2D eigenvalue weighted by Gasteiger charge is -2.31. The highest BCUT2D eigenvalue weighted by Crippen LogP contribution is 2.41. The summed E-state index contributed by atoms with van der Waals surface area (Å²) in [5, 5.41) is 6.74. The Morgan fingerprint density at radius 1 is 1.08 bits per heavy atom. The van der Waals surface area contributed by atoms with Gasteiger partial charge in [-0.3, -0.25) is 14.6 Å². The van der Waals surface area contributed by atoms with Gasteiger partial charge >= 0.3 is 12.1 Å². The third-order valence-corrected chi connectivity index (χ3v) is 10.2. The van der Waals surface area contributed by atoms with Crippen LogP contribution in [0.25, 0.3) is 32.9 Å². The molecule has 0 bridgehead atoms. The topological polar surface area (TPSA) is 125 Å². The summed E-state index contributed by atoms with van der Waals surface area (Å²) in [7, 11) is 0. The molecule has 254 valence electrons. The molecule has 0 saturated carbocycles. The highest BCUT2D eigenvalue weighted by Gasteiger charge is 2.49. The monoisotopic (exact) mass is 668 g/mol. The van der Waals surface area contributed by atoms with E-state index in [-0.39, 0.29) is 30.4 Å². The van der Waals surface area contributed by atoms with Crippen LogP contribution in [0.2, 0.25) is 0 Å². The van der Waals surface area contributed by atoms with Crippen LogP contribution in [0, 0.1) is 5.82 Å². The van der Waals surface area contributed by atoms with E-state index in [2.05, 4.69) is 19.9 Å². The zero-order valence-corrected chi connectivity index (χ0v) is 27.2. The number of carbonyl (C=O) groups is 1. The van der Waals surface area contributed by atoms with Crippen LogP contribution < -0.4 is 15.4 Å². The van der Waals surface area contributed by atoms with Gasteiger partial charge in [0, 0.05) is 44.0 Å². The first-order valence-corrected chi connectivity index (χ1v) is 17.0. The molecule has 0 spiro atoms. The molecule has 3 aliphatic heterocycles. The molecule has 1 amide bonds. The number of aromatic nitrogens is 5. The van der Waals surface area contributed by atoms with E-state index in [1.54, 1.807) is 12.4 Å². The first kappa shape index (κ1) is 31.4. The first-order valence-electron chi connectivity index (χ1n) is 17.0. The summed E-state index contributed by atoms with van der Waals surface area (Å²) in [4.78, 5) is 29.6. The molecule has 0 aliphatic carbocycles. The van der Waals surface area contributed by atoms with Gasteiger partial charge in [0.15, 0.2) is 5.82 Å². The fraction of sp³-hybridized carbons (Fsp3) is 0.417. The number of benzene rings is 2. The Kier molecular flexibility index (Phi) is 8.22. The number of primary amides is 1. The molecule has 49 heavy (non-hydrogen) atoms. The van der Waals surface area contributed by atoms with Crippen molar-refractivity contribution < 1.29 is 23.0 Å². The Hall–Kier alpha value is -4.91. The highest BCUT2D eigenvalue weighted by atomic mass is 19.1. The number of amides is 1. The number of hydrogen-bond acceptors (Lipinski definition) is 9. The van der Waals surface area contributed by atoms with E-state index in [0.29, 0.717) is 55.7 Å². The molecule has 8 rings (SSSR count). The molecule has 0 radical (unpaired) electrons. The number of fused-ring (bicyclic) bond motifs is 4. The third kappa shape index (κ3) is 5.90. The Balaban J connectivity index is 1.22. The summed E-state index contributed by atoms with van der Waals surface area (Å²) in [5.74, 6) is -0.0354. The van der Waals surface area contributed by atoms with Crippen molar-refractivity contribution in [2.75, 3.05) is 37.7 Å². The minimum absolute atomic E-state index is 0.0629. The number of halogens is 2. The second-order valence-corrected chi connectivity index (χ2v) is 13.3. The molecule has 2 aromatic carbocycles. The highest BCUT2D eigenvalue weighted by molar-refractivity contribution is 6.00. The van der Waals surface area contributed by atoms with Crippen molar-refractivity contribution in [3.8, 4) is 17.3 Å². The second kappa shape index (κ2) is 12.8. The molecule has 5 aromatic rings. The molecule has 0 unspecified atom stereocenters. The molecule has 6 heterocycles. The van der Waals surface area contributed by atoms with Crippen LogP contribution >= 0.6 is 0 Å². The summed E-state index contributed by atoms with van der Waals surface area (Å²) in [5.41, 5.74) is 7.65. The van der Waals surface area contributed by atoms with E-state index in [4.69, 9.17) is 25.2 Å². The number of nitrogens with two attached hydrogens (primary N) is 1. The molecule has 11 nitrogen and oxygen atoms in total. The molecule has 2 fully saturated rings. The lowest BCUT2D eigenvalue weighted by atomic mass is 9.94. The second-order valence-electron chi connectivity index (χ2n) is 13.3. The lowest BCUT2D eigenvalue weighted by molar-refractivity contribution is 0.107. The summed E-state index contributed by atoms with van der Waals surface area (Å²) in [6, 6.07) is 13.7. The van der Waals surface area contributed by atoms with Crippen molar-refractivity contribution in [2.24, 2.45) is 5.73 Å². The number of ether oxygens (including phenoxy) is 2. The van der Waals surface area contributed by atoms with Gasteiger partial charge in [0.1, 0.15) is 29.8 Å². The summed E-state index contributed by atoms with van der Waals surface area (Å²) < 4.78 is 44.9. The number of aryl methyl sites for hydroxylation is 2. The molecule has 2 atom stereocenters. The maximum Gasteiger partial charge on any atom is 0.404 e. The maximum absolute atomic E-state index is 17.0. The predicted molar refractivity (Wildman–Crippen MR) is 181 cm³/mol. The van der Waals surface area contributed by atoms with E-state index in [1.807, 2.05) is 47.1 Å². The number of rotatable bonds is 9. The number of anilines is 1. The van der Waals surface area contributed by atoms with Gasteiger partial charge < -0.3 is 20.1 Å². The van der Waals surface area contributed by atoms with E-state index in [0.717, 1.165) is 54.4 Å². The van der Waals surface area contributed by atoms with Crippen molar-refractivity contribution in [1.82, 2.24) is 29.6 Å². The van der Waals surface area contributed by atoms with Crippen molar-refractivity contribution >= 4 is 33.6 Å². The van der Waals surface area contributed by atoms with Crippen LogP contribution in [0.4, 0.5) is 19.4 Å². The number of carbonyl (C=O) groups excluding carboxylic acids is 1. The molecular formula is C36H38F2N8O3. The Morgan fingerprint density at radius 3 is 2.84 bits per heavy atom. The van der Waals surface area contributed by atoms with Crippen LogP contribution in [-0.2, 0) is 24.2 Å². The summed E-state index contributed by atoms with van der Waals surface area (Å²) in [6.45, 7) is 3.63. The fourth-order valence-corrected chi connectivity index (χ4v) is 7.98. The number of pyridine rings is 1. The summed E-state index contributed by atoms with van der Waals surface area (Å²) >= 11 is 0. The van der Waals surface area contributed by atoms with Gasteiger partial charge in [0.05, 0.1) is 29.8 Å². The average Bonchev–Trinajstić information content (AvgIpc) is 3.75. The third-order valence-electron chi connectivity index (χ3n) is 10.2. The van der Waals surface area contributed by atoms with Crippen molar-refractivity contribution in [1.29, 1.82) is 0 Å². The predicted octanol–water partition coefficient (Wildman–Crippen LogP) is 5.57. The number of alkyl halides is 1. The SMILES string of the molecule is NC(=O)OCCCc1cccc2cccc(-c3ncc4c(N5CCCn6nccc6C5)nc(OC[C@@]56CCCN5C[C@H](F)C6)nc4c3F)c12. The van der Waals surface area contributed by atoms with Crippen LogP contribution in [0.1, 0.15) is 43.4 Å². The van der Waals surface area contributed by atoms with E-state index in [9.17, 15) is 9.18 Å². The van der Waals surface area contributed by atoms with Crippen LogP contribution in [0.15, 0.2) is 54.9 Å². The quantitative estimate of drug-likeness (QED) is 0.201. The first-order chi connectivity index (χ1) is 23.9. The fourth-order valence-electron chi connectivity index (χ4n) is 7.98. The smallest absolute Gasteiger partial charge is 0.404 e. The van der Waals surface area contributed by atoms with E-state index in [1.165, 1.54) is 0 Å². The van der Waals surface area contributed by atoms with Gasteiger partial charge in [0.25, 0.3) is 0 Å². The van der Waals surface area contributed by atoms with Gasteiger partial charge in [-0.15, -0.1) is 0 Å². The Labute approximate surface area is 282 Å². The average molecular weight is 669 g/mol. The van der Waals surface area contributed by atoms with Crippen molar-refractivity contribution in [2.45, 2.75) is 63.3 Å². The molecular weight excluding hydrogens is 630 g/mol. The zero-order valence-electron chi connectivity index (χ0n) is 27.2. The van der Waals surface area contributed by atoms with Crippen LogP contribution in [0.5, 0.6) is 6.01 Å². The van der Waals surface area contributed by atoms with Gasteiger partial charge in [-0.1, -0.05) is 36.4 Å². The molecule has 13 heteroatoms. The summed E-state index contributed by atoms with van der Waals surface area (Å²) in [6.07, 6.45) is 5.92. The number of nitrogens with zero attached hydrogens (tertiary/aromatic N) is 7. The largest absolute Gasteiger partial charge is 0.461 e. The minimum atomic E-state index is -0.897. The lowest BCUT2D eigenvalue weighted by Crippen LogP contribution is -2.43. The molecule has 3 aliphatic rings. The number of hydrogen-bond donors (Lipinski definition) is 1. The van der Waals surface area contributed by atoms with Crippen molar-refractivity contribution in [3.63, 3.8) is 0 Å². The molecule has 3 aromatic heterocycles. The van der Waals surface area contributed by atoms with Crippen molar-refractivity contribution in [3.05, 3.63) is 71.9 Å². The molecule has 2 N–H and O–H groups in total. The standard InChI is InChI=1S/C36H38F2N8O3/c37-25-18-36(12-4-15-45(36)20-25)22-49-35-42-32-28(33(43-35)44-14-5-16-46-26(21-44)11-13-41-46)19-40-31(30(32)38)27-10-2-8-23-6-1-7-24(29(23)27)9-3-17-48-34(39)47/h1-2,6-8,10-11,13,19,25H,3-5,9,12,14-18,20-22H2,(H2,39,47)/t25-,36+/m1/s1. The Bertz CT molecular complexity index is 2030. The normalized spacial score (nSPS) is 20.8. The zero-order chi connectivity index (χ0) is 33.5. The van der Waals surface area contributed by atoms with Gasteiger partial charge in [-0.2, -0.15) is 15.1 Å². The maximum atomic E-state index is 17.0. The van der Waals surface area contributed by atoms with E-state index >= 15 is 4.39 Å². The van der Waals surface area contributed by atoms with Gasteiger partial charge in [-0.25, -0.2) is 13.6 Å². The van der Waals surface area contributed by atoms with Gasteiger partial charge in [0.2, 0.25) is 0 Å². The van der Waals surface area contributed by atoms with Crippen LogP contribution in [-0.4, -0.2) is 80.3 Å². The van der Waals surface area contributed by atoms with Crippen LogP contribution in [0.3, 0.4) is 0 Å². The van der Waals surface area contributed by atoms with Gasteiger partial charge in [-0.05, 0) is 61.1 Å². The van der Waals surface area contributed by atoms with E-state index < -0.39 is 23.6 Å². The minimum Gasteiger partial charge on any atom is -0.461 e. The Morgan fingerprint density at radius 2 is 1.96 bits per heavy atom.